The van der Waals surface area contributed by atoms with Crippen molar-refractivity contribution in [1.82, 2.24) is 9.88 Å². The summed E-state index contributed by atoms with van der Waals surface area (Å²) < 4.78 is 12.2. The maximum absolute atomic E-state index is 10.2. The molecular weight excluding hydrogens is 536 g/mol. The Morgan fingerprint density at radius 3 is 2.28 bits per heavy atom. The largest absolute Gasteiger partial charge is 0.496 e. The van der Waals surface area contributed by atoms with Crippen LogP contribution < -0.4 is 4.74 Å². The molecule has 0 amide bonds. The standard InChI is InChI=1S/C30H44N2O2.C7H6O2/c1-20-18-29(33-2)28(27-10-14-31-30(20)27)19-32-15-11-23(12-16-32)34-17-13-22-6-7-24(22)26-9-8-25(26)21-4-3-5-21;8-7(9)6-4-2-1-3-5-6/h10,14,18,21-26,31H,3-9,11-13,15-17,19H2,1-2H3;1-5H,(H,8,9). The van der Waals surface area contributed by atoms with E-state index in [9.17, 15) is 4.79 Å². The van der Waals surface area contributed by atoms with Crippen molar-refractivity contribution >= 4 is 16.9 Å². The van der Waals surface area contributed by atoms with Crippen molar-refractivity contribution < 1.29 is 19.4 Å². The number of ether oxygens (including phenoxy) is 2. The number of nitrogens with one attached hydrogen (secondary N) is 1. The molecule has 4 unspecified atom stereocenters. The first-order valence-corrected chi connectivity index (χ1v) is 16.8. The van der Waals surface area contributed by atoms with Crippen LogP contribution >= 0.6 is 0 Å². The normalized spacial score (nSPS) is 26.1. The summed E-state index contributed by atoms with van der Waals surface area (Å²) in [5.74, 6) is 5.43. The molecule has 1 saturated heterocycles. The molecule has 232 valence electrons. The highest BCUT2D eigenvalue weighted by Gasteiger charge is 2.47. The number of H-pyrrole nitrogens is 1. The van der Waals surface area contributed by atoms with Gasteiger partial charge in [0.1, 0.15) is 5.75 Å². The minimum atomic E-state index is -0.879. The highest BCUT2D eigenvalue weighted by atomic mass is 16.5. The van der Waals surface area contributed by atoms with E-state index in [2.05, 4.69) is 28.9 Å². The number of likely N-dealkylation sites (tertiary alicyclic amines) is 1. The fraction of sp³-hybridized carbons (Fsp3) is 0.595. The Morgan fingerprint density at radius 1 is 0.953 bits per heavy atom. The topological polar surface area (TPSA) is 74.8 Å². The number of aromatic nitrogens is 1. The van der Waals surface area contributed by atoms with Crippen LogP contribution in [0.25, 0.3) is 10.9 Å². The van der Waals surface area contributed by atoms with Gasteiger partial charge in [-0.15, -0.1) is 0 Å². The Labute approximate surface area is 257 Å². The van der Waals surface area contributed by atoms with E-state index in [1.807, 2.05) is 6.20 Å². The smallest absolute Gasteiger partial charge is 0.335 e. The predicted molar refractivity (Wildman–Crippen MR) is 172 cm³/mol. The number of aryl methyl sites for hydroxylation is 1. The van der Waals surface area contributed by atoms with E-state index in [4.69, 9.17) is 14.6 Å². The number of rotatable bonds is 10. The van der Waals surface area contributed by atoms with Crippen LogP contribution in [0, 0.1) is 36.5 Å². The molecule has 2 aromatic carbocycles. The number of hydrogen-bond donors (Lipinski definition) is 2. The summed E-state index contributed by atoms with van der Waals surface area (Å²) in [6.45, 7) is 6.33. The van der Waals surface area contributed by atoms with Gasteiger partial charge in [0.15, 0.2) is 0 Å². The minimum absolute atomic E-state index is 0.331. The number of piperidine rings is 1. The molecule has 4 fully saturated rings. The molecule has 2 heterocycles. The summed E-state index contributed by atoms with van der Waals surface area (Å²) in [5.41, 5.74) is 4.13. The van der Waals surface area contributed by atoms with E-state index in [1.165, 1.54) is 73.4 Å². The molecule has 3 aliphatic carbocycles. The lowest BCUT2D eigenvalue weighted by atomic mass is 9.51. The number of nitrogens with zero attached hydrogens (tertiary/aromatic N) is 1. The first-order chi connectivity index (χ1) is 21.0. The third kappa shape index (κ3) is 6.81. The van der Waals surface area contributed by atoms with Crippen LogP contribution in [0.4, 0.5) is 0 Å². The molecule has 3 aromatic rings. The van der Waals surface area contributed by atoms with Crippen molar-refractivity contribution in [2.45, 2.75) is 83.8 Å². The van der Waals surface area contributed by atoms with E-state index in [-0.39, 0.29) is 0 Å². The van der Waals surface area contributed by atoms with Crippen LogP contribution in [0.5, 0.6) is 5.75 Å². The second-order valence-corrected chi connectivity index (χ2v) is 13.5. The van der Waals surface area contributed by atoms with Gasteiger partial charge in [-0.2, -0.15) is 0 Å². The molecular formula is C37H50N2O4. The third-order valence-corrected chi connectivity index (χ3v) is 11.3. The van der Waals surface area contributed by atoms with Crippen LogP contribution in [0.3, 0.4) is 0 Å². The Morgan fingerprint density at radius 2 is 1.70 bits per heavy atom. The molecule has 4 atom stereocenters. The average Bonchev–Trinajstić information content (AvgIpc) is 3.48. The molecule has 0 radical (unpaired) electrons. The van der Waals surface area contributed by atoms with E-state index in [1.54, 1.807) is 37.4 Å². The number of carboxylic acids is 1. The molecule has 6 heteroatoms. The lowest BCUT2D eigenvalue weighted by Gasteiger charge is -2.54. The summed E-state index contributed by atoms with van der Waals surface area (Å²) >= 11 is 0. The second kappa shape index (κ2) is 13.9. The number of hydrogen-bond acceptors (Lipinski definition) is 4. The Hall–Kier alpha value is -2.83. The zero-order valence-corrected chi connectivity index (χ0v) is 26.1. The SMILES string of the molecule is COc1cc(C)c2[nH]ccc2c1CN1CCC(OCCC2CCC2C2CCC2C2CCC2)CC1.O=C(O)c1ccccc1. The quantitative estimate of drug-likeness (QED) is 0.251. The van der Waals surface area contributed by atoms with Crippen molar-refractivity contribution in [1.29, 1.82) is 0 Å². The second-order valence-electron chi connectivity index (χ2n) is 13.5. The van der Waals surface area contributed by atoms with Crippen molar-refractivity contribution in [3.8, 4) is 5.75 Å². The molecule has 0 spiro atoms. The number of aromatic carboxylic acids is 1. The Balaban J connectivity index is 0.000000315. The zero-order valence-electron chi connectivity index (χ0n) is 26.1. The van der Waals surface area contributed by atoms with Crippen molar-refractivity contribution in [2.75, 3.05) is 26.8 Å². The number of methoxy groups -OCH3 is 1. The summed E-state index contributed by atoms with van der Waals surface area (Å²) in [4.78, 5) is 16.2. The molecule has 43 heavy (non-hydrogen) atoms. The van der Waals surface area contributed by atoms with Crippen LogP contribution in [0.15, 0.2) is 48.7 Å². The summed E-state index contributed by atoms with van der Waals surface area (Å²) in [7, 11) is 1.79. The lowest BCUT2D eigenvalue weighted by Crippen LogP contribution is -2.46. The maximum atomic E-state index is 10.2. The lowest BCUT2D eigenvalue weighted by molar-refractivity contribution is -0.0575. The van der Waals surface area contributed by atoms with Crippen molar-refractivity contribution in [3.05, 3.63) is 65.4 Å². The average molecular weight is 587 g/mol. The van der Waals surface area contributed by atoms with Crippen molar-refractivity contribution in [2.24, 2.45) is 29.6 Å². The van der Waals surface area contributed by atoms with Crippen LogP contribution in [-0.4, -0.2) is 53.9 Å². The molecule has 4 aliphatic rings. The highest BCUT2D eigenvalue weighted by Crippen LogP contribution is 2.56. The summed E-state index contributed by atoms with van der Waals surface area (Å²) in [6, 6.07) is 12.7. The van der Waals surface area contributed by atoms with Crippen LogP contribution in [0.2, 0.25) is 0 Å². The van der Waals surface area contributed by atoms with Gasteiger partial charge < -0.3 is 19.6 Å². The van der Waals surface area contributed by atoms with Gasteiger partial charge in [0.2, 0.25) is 0 Å². The van der Waals surface area contributed by atoms with E-state index < -0.39 is 5.97 Å². The van der Waals surface area contributed by atoms with Crippen LogP contribution in [0.1, 0.15) is 85.7 Å². The maximum Gasteiger partial charge on any atom is 0.335 e. The predicted octanol–water partition coefficient (Wildman–Crippen LogP) is 8.09. The fourth-order valence-electron chi connectivity index (χ4n) is 8.26. The van der Waals surface area contributed by atoms with E-state index in [0.29, 0.717) is 11.7 Å². The van der Waals surface area contributed by atoms with E-state index >= 15 is 0 Å². The van der Waals surface area contributed by atoms with Crippen LogP contribution in [-0.2, 0) is 11.3 Å². The minimum Gasteiger partial charge on any atom is -0.496 e. The number of carboxylic acid groups (broad SMARTS) is 1. The van der Waals surface area contributed by atoms with Gasteiger partial charge in [0, 0.05) is 48.9 Å². The number of fused-ring (bicyclic) bond motifs is 1. The van der Waals surface area contributed by atoms with Crippen molar-refractivity contribution in [3.63, 3.8) is 0 Å². The summed E-state index contributed by atoms with van der Waals surface area (Å²) in [5, 5.41) is 9.69. The number of carbonyl (C=O) groups is 1. The number of aromatic amines is 1. The van der Waals surface area contributed by atoms with Gasteiger partial charge in [-0.05, 0) is 111 Å². The van der Waals surface area contributed by atoms with Gasteiger partial charge in [0.25, 0.3) is 0 Å². The first kappa shape index (κ1) is 30.2. The monoisotopic (exact) mass is 586 g/mol. The third-order valence-electron chi connectivity index (χ3n) is 11.3. The molecule has 6 nitrogen and oxygen atoms in total. The number of benzene rings is 2. The first-order valence-electron chi connectivity index (χ1n) is 16.8. The van der Waals surface area contributed by atoms with Gasteiger partial charge >= 0.3 is 5.97 Å². The zero-order chi connectivity index (χ0) is 29.8. The summed E-state index contributed by atoms with van der Waals surface area (Å²) in [6.07, 6.45) is 16.7. The van der Waals surface area contributed by atoms with Gasteiger partial charge in [0.05, 0.1) is 18.8 Å². The van der Waals surface area contributed by atoms with Gasteiger partial charge in [-0.3, -0.25) is 4.90 Å². The fourth-order valence-corrected chi connectivity index (χ4v) is 8.26. The molecule has 1 aromatic heterocycles. The molecule has 0 bridgehead atoms. The highest BCUT2D eigenvalue weighted by molar-refractivity contribution is 5.88. The van der Waals surface area contributed by atoms with Gasteiger partial charge in [-0.25, -0.2) is 4.79 Å². The Bertz CT molecular complexity index is 1340. The molecule has 2 N–H and O–H groups in total. The Kier molecular flexibility index (Phi) is 9.74. The molecule has 7 rings (SSSR count). The van der Waals surface area contributed by atoms with Gasteiger partial charge in [-0.1, -0.05) is 37.5 Å². The van der Waals surface area contributed by atoms with E-state index in [0.717, 1.165) is 74.4 Å². The molecule has 3 saturated carbocycles. The molecule has 1 aliphatic heterocycles.